The summed E-state index contributed by atoms with van der Waals surface area (Å²) in [6.07, 6.45) is -2.52. The summed E-state index contributed by atoms with van der Waals surface area (Å²) in [7, 11) is 0. The summed E-state index contributed by atoms with van der Waals surface area (Å²) in [6.45, 7) is 1.23. The molecule has 0 radical (unpaired) electrons. The summed E-state index contributed by atoms with van der Waals surface area (Å²) in [5.74, 6) is -2.84. The minimum Gasteiger partial charge on any atom is -0.452 e. The Morgan fingerprint density at radius 2 is 1.74 bits per heavy atom. The summed E-state index contributed by atoms with van der Waals surface area (Å²) >= 11 is 0. The molecule has 1 aliphatic heterocycles. The molecule has 2 aliphatic rings. The first-order valence-electron chi connectivity index (χ1n) is 11.2. The monoisotopic (exact) mass is 488 g/mol. The Kier molecular flexibility index (Phi) is 6.64. The van der Waals surface area contributed by atoms with Crippen molar-refractivity contribution in [3.8, 4) is 0 Å². The molecular formula is C25H23F3N2O5. The van der Waals surface area contributed by atoms with Gasteiger partial charge in [-0.2, -0.15) is 13.2 Å². The maximum absolute atomic E-state index is 13.1. The van der Waals surface area contributed by atoms with E-state index >= 15 is 0 Å². The van der Waals surface area contributed by atoms with Crippen LogP contribution in [0.5, 0.6) is 0 Å². The van der Waals surface area contributed by atoms with E-state index in [4.69, 9.17) is 4.74 Å². The minimum atomic E-state index is -4.67. The van der Waals surface area contributed by atoms with Crippen LogP contribution in [0.15, 0.2) is 48.5 Å². The second kappa shape index (κ2) is 9.52. The number of esters is 1. The first-order valence-corrected chi connectivity index (χ1v) is 11.2. The zero-order chi connectivity index (χ0) is 25.3. The zero-order valence-electron chi connectivity index (χ0n) is 18.8. The second-order valence-electron chi connectivity index (χ2n) is 8.86. The van der Waals surface area contributed by atoms with Gasteiger partial charge in [-0.25, -0.2) is 4.79 Å². The van der Waals surface area contributed by atoms with Gasteiger partial charge in [0.15, 0.2) is 6.61 Å². The van der Waals surface area contributed by atoms with Crippen molar-refractivity contribution < 1.29 is 37.1 Å². The molecule has 1 saturated heterocycles. The van der Waals surface area contributed by atoms with Gasteiger partial charge in [0.05, 0.1) is 34.3 Å². The third kappa shape index (κ3) is 5.06. The first-order chi connectivity index (χ1) is 16.6. The largest absolute Gasteiger partial charge is 0.452 e. The molecule has 1 N–H and O–H groups in total. The summed E-state index contributed by atoms with van der Waals surface area (Å²) < 4.78 is 44.2. The normalized spacial score (nSPS) is 22.1. The van der Waals surface area contributed by atoms with Gasteiger partial charge in [-0.05, 0) is 55.5 Å². The average molecular weight is 488 g/mol. The number of nitrogens with zero attached hydrogens (tertiary/aromatic N) is 1. The van der Waals surface area contributed by atoms with E-state index in [1.165, 1.54) is 36.4 Å². The van der Waals surface area contributed by atoms with Crippen molar-refractivity contribution in [1.82, 2.24) is 0 Å². The van der Waals surface area contributed by atoms with Gasteiger partial charge in [-0.3, -0.25) is 19.3 Å². The molecule has 2 aromatic carbocycles. The summed E-state index contributed by atoms with van der Waals surface area (Å²) in [6, 6.07) is 10.2. The molecule has 7 nitrogen and oxygen atoms in total. The van der Waals surface area contributed by atoms with Gasteiger partial charge in [0, 0.05) is 0 Å². The van der Waals surface area contributed by atoms with Crippen molar-refractivity contribution in [3.05, 3.63) is 59.7 Å². The maximum atomic E-state index is 13.1. The van der Waals surface area contributed by atoms with Gasteiger partial charge < -0.3 is 10.1 Å². The number of para-hydroxylation sites is 1. The molecule has 35 heavy (non-hydrogen) atoms. The van der Waals surface area contributed by atoms with Crippen LogP contribution in [-0.2, 0) is 25.3 Å². The van der Waals surface area contributed by atoms with Crippen molar-refractivity contribution >= 4 is 35.1 Å². The number of carbonyl (C=O) groups excluding carboxylic acids is 4. The van der Waals surface area contributed by atoms with E-state index in [1.807, 2.05) is 6.92 Å². The number of amides is 3. The van der Waals surface area contributed by atoms with E-state index in [0.29, 0.717) is 18.8 Å². The number of rotatable bonds is 5. The highest BCUT2D eigenvalue weighted by atomic mass is 19.4. The van der Waals surface area contributed by atoms with Crippen LogP contribution in [0.1, 0.15) is 42.1 Å². The standard InChI is InChI=1S/C25H23F3N2O5/c1-14-9-10-17-18(11-14)23(33)30(22(17)32)16-6-4-5-15(12-16)24(34)35-13-21(31)29-20-8-3-2-7-19(20)25(26,27)28/h2-8,12,14,17-18H,9-11,13H2,1H3,(H,29,31)/t14-,17+,18+/m1/s1. The summed E-state index contributed by atoms with van der Waals surface area (Å²) in [5, 5.41) is 2.09. The van der Waals surface area contributed by atoms with E-state index in [0.717, 1.165) is 23.5 Å². The van der Waals surface area contributed by atoms with Gasteiger partial charge >= 0.3 is 12.1 Å². The molecule has 0 bridgehead atoms. The van der Waals surface area contributed by atoms with Crippen molar-refractivity contribution in [2.45, 2.75) is 32.4 Å². The lowest BCUT2D eigenvalue weighted by Crippen LogP contribution is -2.31. The number of hydrogen-bond donors (Lipinski definition) is 1. The van der Waals surface area contributed by atoms with Gasteiger partial charge in [-0.1, -0.05) is 25.1 Å². The molecule has 2 fully saturated rings. The van der Waals surface area contributed by atoms with Crippen LogP contribution in [0.4, 0.5) is 24.5 Å². The van der Waals surface area contributed by atoms with Crippen LogP contribution >= 0.6 is 0 Å². The van der Waals surface area contributed by atoms with Crippen LogP contribution in [0.3, 0.4) is 0 Å². The van der Waals surface area contributed by atoms with Gasteiger partial charge in [0.1, 0.15) is 0 Å². The quantitative estimate of drug-likeness (QED) is 0.497. The number of ether oxygens (including phenoxy) is 1. The minimum absolute atomic E-state index is 0.00479. The Labute approximate surface area is 199 Å². The van der Waals surface area contributed by atoms with Gasteiger partial charge in [0.2, 0.25) is 11.8 Å². The third-order valence-corrected chi connectivity index (χ3v) is 6.37. The number of imide groups is 1. The van der Waals surface area contributed by atoms with E-state index in [9.17, 15) is 32.3 Å². The molecule has 0 unspecified atom stereocenters. The topological polar surface area (TPSA) is 92.8 Å². The lowest BCUT2D eigenvalue weighted by atomic mass is 9.76. The Morgan fingerprint density at radius 1 is 1.03 bits per heavy atom. The highest BCUT2D eigenvalue weighted by Crippen LogP contribution is 2.42. The van der Waals surface area contributed by atoms with Crippen molar-refractivity contribution in [2.75, 3.05) is 16.8 Å². The second-order valence-corrected chi connectivity index (χ2v) is 8.86. The van der Waals surface area contributed by atoms with Crippen molar-refractivity contribution in [3.63, 3.8) is 0 Å². The number of benzene rings is 2. The number of alkyl halides is 3. The molecule has 0 spiro atoms. The molecular weight excluding hydrogens is 465 g/mol. The Morgan fingerprint density at radius 3 is 2.49 bits per heavy atom. The summed E-state index contributed by atoms with van der Waals surface area (Å²) in [4.78, 5) is 51.5. The van der Waals surface area contributed by atoms with E-state index in [1.54, 1.807) is 0 Å². The number of halogens is 3. The van der Waals surface area contributed by atoms with Crippen LogP contribution in [-0.4, -0.2) is 30.3 Å². The molecule has 4 rings (SSSR count). The number of nitrogens with one attached hydrogen (secondary N) is 1. The summed E-state index contributed by atoms with van der Waals surface area (Å²) in [5.41, 5.74) is -1.25. The van der Waals surface area contributed by atoms with Crippen LogP contribution < -0.4 is 10.2 Å². The lowest BCUT2D eigenvalue weighted by molar-refractivity contribution is -0.137. The first kappa shape index (κ1) is 24.4. The Balaban J connectivity index is 1.42. The molecule has 184 valence electrons. The predicted octanol–water partition coefficient (Wildman–Crippen LogP) is 4.43. The number of carbonyl (C=O) groups is 4. The zero-order valence-corrected chi connectivity index (χ0v) is 18.8. The van der Waals surface area contributed by atoms with Gasteiger partial charge in [-0.15, -0.1) is 0 Å². The predicted molar refractivity (Wildman–Crippen MR) is 119 cm³/mol. The smallest absolute Gasteiger partial charge is 0.418 e. The van der Waals surface area contributed by atoms with Crippen LogP contribution in [0, 0.1) is 17.8 Å². The Bertz CT molecular complexity index is 1180. The lowest BCUT2D eigenvalue weighted by Gasteiger charge is -2.25. The molecule has 10 heteroatoms. The fourth-order valence-corrected chi connectivity index (χ4v) is 4.66. The van der Waals surface area contributed by atoms with E-state index < -0.39 is 35.9 Å². The van der Waals surface area contributed by atoms with Gasteiger partial charge in [0.25, 0.3) is 5.91 Å². The van der Waals surface area contributed by atoms with Crippen LogP contribution in [0.2, 0.25) is 0 Å². The molecule has 1 saturated carbocycles. The Hall–Kier alpha value is -3.69. The fraction of sp³-hybridized carbons (Fsp3) is 0.360. The number of fused-ring (bicyclic) bond motifs is 1. The highest BCUT2D eigenvalue weighted by molar-refractivity contribution is 6.22. The number of hydrogen-bond acceptors (Lipinski definition) is 5. The highest BCUT2D eigenvalue weighted by Gasteiger charge is 2.50. The van der Waals surface area contributed by atoms with Crippen LogP contribution in [0.25, 0.3) is 0 Å². The van der Waals surface area contributed by atoms with E-state index in [-0.39, 0.29) is 34.9 Å². The van der Waals surface area contributed by atoms with Crippen molar-refractivity contribution in [1.29, 1.82) is 0 Å². The fourth-order valence-electron chi connectivity index (χ4n) is 4.66. The molecule has 2 aromatic rings. The third-order valence-electron chi connectivity index (χ3n) is 6.37. The molecule has 3 amide bonds. The molecule has 1 aliphatic carbocycles. The van der Waals surface area contributed by atoms with Crippen molar-refractivity contribution in [2.24, 2.45) is 17.8 Å². The van der Waals surface area contributed by atoms with E-state index in [2.05, 4.69) is 5.32 Å². The molecule has 0 aromatic heterocycles. The molecule has 1 heterocycles. The number of anilines is 2. The SMILES string of the molecule is C[C@@H]1CC[C@@H]2C(=O)N(c3cccc(C(=O)OCC(=O)Nc4ccccc4C(F)(F)F)c3)C(=O)[C@H]2C1. The maximum Gasteiger partial charge on any atom is 0.418 e. The average Bonchev–Trinajstić information content (AvgIpc) is 3.06. The molecule has 3 atom stereocenters.